The van der Waals surface area contributed by atoms with Gasteiger partial charge in [0, 0.05) is 5.02 Å². The summed E-state index contributed by atoms with van der Waals surface area (Å²) in [5.41, 5.74) is -0.720. The van der Waals surface area contributed by atoms with Crippen LogP contribution in [-0.2, 0) is 25.3 Å². The number of nitrogens with one attached hydrogen (secondary N) is 1. The monoisotopic (exact) mass is 319 g/mol. The molecular formula is C13H18ClNO4S. The SMILES string of the molecule is CCOC(=O)C(C)(C)NS(=O)(=O)Cc1ccc(Cl)cc1. The Hall–Kier alpha value is -1.11. The molecule has 0 aliphatic rings. The first-order valence-corrected chi connectivity index (χ1v) is 8.12. The first-order valence-electron chi connectivity index (χ1n) is 6.09. The highest BCUT2D eigenvalue weighted by Crippen LogP contribution is 2.14. The van der Waals surface area contributed by atoms with Crippen LogP contribution in [0, 0.1) is 0 Å². The molecule has 5 nitrogen and oxygen atoms in total. The van der Waals surface area contributed by atoms with Gasteiger partial charge in [0.15, 0.2) is 0 Å². The molecule has 1 rings (SSSR count). The summed E-state index contributed by atoms with van der Waals surface area (Å²) in [7, 11) is -3.66. The van der Waals surface area contributed by atoms with Gasteiger partial charge in [-0.15, -0.1) is 0 Å². The molecule has 0 heterocycles. The van der Waals surface area contributed by atoms with Crippen molar-refractivity contribution in [1.29, 1.82) is 0 Å². The van der Waals surface area contributed by atoms with Gasteiger partial charge in [0.2, 0.25) is 10.0 Å². The van der Waals surface area contributed by atoms with Crippen molar-refractivity contribution >= 4 is 27.6 Å². The summed E-state index contributed by atoms with van der Waals surface area (Å²) < 4.78 is 31.3. The zero-order chi connectivity index (χ0) is 15.4. The molecule has 0 aromatic heterocycles. The third-order valence-electron chi connectivity index (χ3n) is 2.47. The van der Waals surface area contributed by atoms with Crippen molar-refractivity contribution in [3.63, 3.8) is 0 Å². The molecule has 0 saturated carbocycles. The lowest BCUT2D eigenvalue weighted by atomic mass is 10.1. The fourth-order valence-electron chi connectivity index (χ4n) is 1.58. The molecule has 0 bridgehead atoms. The first kappa shape index (κ1) is 16.9. The predicted molar refractivity (Wildman–Crippen MR) is 77.9 cm³/mol. The molecule has 0 amide bonds. The van der Waals surface area contributed by atoms with Crippen LogP contribution in [0.5, 0.6) is 0 Å². The molecule has 0 spiro atoms. The van der Waals surface area contributed by atoms with Crippen LogP contribution in [0.3, 0.4) is 0 Å². The maximum absolute atomic E-state index is 12.1. The first-order chi connectivity index (χ1) is 9.16. The second kappa shape index (κ2) is 6.56. The molecule has 1 N–H and O–H groups in total. The number of benzene rings is 1. The van der Waals surface area contributed by atoms with Crippen molar-refractivity contribution in [2.45, 2.75) is 32.1 Å². The maximum Gasteiger partial charge on any atom is 0.326 e. The maximum atomic E-state index is 12.1. The predicted octanol–water partition coefficient (Wildman–Crippen LogP) is 2.10. The summed E-state index contributed by atoms with van der Waals surface area (Å²) in [4.78, 5) is 11.7. The Labute approximate surface area is 124 Å². The lowest BCUT2D eigenvalue weighted by Crippen LogP contribution is -2.50. The molecule has 1 aromatic rings. The van der Waals surface area contributed by atoms with Crippen LogP contribution in [-0.4, -0.2) is 26.5 Å². The third kappa shape index (κ3) is 5.11. The molecule has 0 unspecified atom stereocenters. The average molecular weight is 320 g/mol. The molecule has 0 aliphatic carbocycles. The third-order valence-corrected chi connectivity index (χ3v) is 4.25. The fraction of sp³-hybridized carbons (Fsp3) is 0.462. The van der Waals surface area contributed by atoms with Gasteiger partial charge in [-0.25, -0.2) is 8.42 Å². The minimum atomic E-state index is -3.66. The lowest BCUT2D eigenvalue weighted by molar-refractivity contribution is -0.148. The molecule has 0 saturated heterocycles. The van der Waals surface area contributed by atoms with Crippen LogP contribution in [0.25, 0.3) is 0 Å². The van der Waals surface area contributed by atoms with E-state index in [0.29, 0.717) is 10.6 Å². The Balaban J connectivity index is 2.79. The summed E-state index contributed by atoms with van der Waals surface area (Å²) in [6.45, 7) is 4.78. The topological polar surface area (TPSA) is 72.5 Å². The Kier molecular flexibility index (Phi) is 5.56. The van der Waals surface area contributed by atoms with Gasteiger partial charge in [-0.2, -0.15) is 4.72 Å². The van der Waals surface area contributed by atoms with E-state index in [1.54, 1.807) is 31.2 Å². The average Bonchev–Trinajstić information content (AvgIpc) is 2.30. The van der Waals surface area contributed by atoms with E-state index in [9.17, 15) is 13.2 Å². The molecule has 112 valence electrons. The standard InChI is InChI=1S/C13H18ClNO4S/c1-4-19-12(16)13(2,3)15-20(17,18)9-10-5-7-11(14)8-6-10/h5-8,15H,4,9H2,1-3H3. The second-order valence-corrected chi connectivity index (χ2v) is 6.99. The normalized spacial score (nSPS) is 12.2. The Bertz CT molecular complexity index is 567. The van der Waals surface area contributed by atoms with Gasteiger partial charge in [0.05, 0.1) is 12.4 Å². The summed E-state index contributed by atoms with van der Waals surface area (Å²) >= 11 is 5.74. The van der Waals surface area contributed by atoms with E-state index in [1.165, 1.54) is 13.8 Å². The Morgan fingerprint density at radius 3 is 2.35 bits per heavy atom. The second-order valence-electron chi connectivity index (χ2n) is 4.83. The van der Waals surface area contributed by atoms with Crippen molar-refractivity contribution in [2.75, 3.05) is 6.61 Å². The molecule has 0 aliphatic heterocycles. The van der Waals surface area contributed by atoms with Crippen LogP contribution in [0.4, 0.5) is 0 Å². The highest BCUT2D eigenvalue weighted by atomic mass is 35.5. The van der Waals surface area contributed by atoms with Crippen molar-refractivity contribution in [3.8, 4) is 0 Å². The van der Waals surface area contributed by atoms with E-state index >= 15 is 0 Å². The quantitative estimate of drug-likeness (QED) is 0.815. The van der Waals surface area contributed by atoms with Crippen LogP contribution in [0.15, 0.2) is 24.3 Å². The Morgan fingerprint density at radius 2 is 1.85 bits per heavy atom. The largest absolute Gasteiger partial charge is 0.465 e. The van der Waals surface area contributed by atoms with E-state index in [2.05, 4.69) is 4.72 Å². The number of halogens is 1. The molecule has 7 heteroatoms. The molecular weight excluding hydrogens is 302 g/mol. The number of esters is 1. The Morgan fingerprint density at radius 1 is 1.30 bits per heavy atom. The minimum Gasteiger partial charge on any atom is -0.465 e. The number of ether oxygens (including phenoxy) is 1. The number of rotatable bonds is 6. The lowest BCUT2D eigenvalue weighted by Gasteiger charge is -2.23. The molecule has 1 aromatic carbocycles. The summed E-state index contributed by atoms with van der Waals surface area (Å²) in [6, 6.07) is 6.48. The molecule has 20 heavy (non-hydrogen) atoms. The van der Waals surface area contributed by atoms with Gasteiger partial charge >= 0.3 is 5.97 Å². The minimum absolute atomic E-state index is 0.196. The van der Waals surface area contributed by atoms with E-state index < -0.39 is 21.5 Å². The number of carbonyl (C=O) groups excluding carboxylic acids is 1. The van der Waals surface area contributed by atoms with Gasteiger partial charge in [0.25, 0.3) is 0 Å². The van der Waals surface area contributed by atoms with Gasteiger partial charge in [-0.1, -0.05) is 23.7 Å². The van der Waals surface area contributed by atoms with Gasteiger partial charge in [0.1, 0.15) is 5.54 Å². The van der Waals surface area contributed by atoms with Crippen molar-refractivity contribution < 1.29 is 17.9 Å². The van der Waals surface area contributed by atoms with Gasteiger partial charge in [-0.05, 0) is 38.5 Å². The molecule has 0 fully saturated rings. The summed E-state index contributed by atoms with van der Waals surface area (Å²) in [6.07, 6.45) is 0. The molecule has 0 radical (unpaired) electrons. The number of sulfonamides is 1. The smallest absolute Gasteiger partial charge is 0.326 e. The van der Waals surface area contributed by atoms with Crippen molar-refractivity contribution in [1.82, 2.24) is 4.72 Å². The molecule has 0 atom stereocenters. The highest BCUT2D eigenvalue weighted by Gasteiger charge is 2.33. The van der Waals surface area contributed by atoms with Crippen molar-refractivity contribution in [3.05, 3.63) is 34.9 Å². The zero-order valence-corrected chi connectivity index (χ0v) is 13.2. The van der Waals surface area contributed by atoms with E-state index in [0.717, 1.165) is 0 Å². The number of hydrogen-bond donors (Lipinski definition) is 1. The summed E-state index contributed by atoms with van der Waals surface area (Å²) in [5, 5.41) is 0.533. The van der Waals surface area contributed by atoms with Gasteiger partial charge in [-0.3, -0.25) is 4.79 Å². The van der Waals surface area contributed by atoms with Crippen LogP contribution >= 0.6 is 11.6 Å². The number of carbonyl (C=O) groups is 1. The highest BCUT2D eigenvalue weighted by molar-refractivity contribution is 7.88. The van der Waals surface area contributed by atoms with E-state index in [-0.39, 0.29) is 12.4 Å². The van der Waals surface area contributed by atoms with E-state index in [4.69, 9.17) is 16.3 Å². The van der Waals surface area contributed by atoms with E-state index in [1.807, 2.05) is 0 Å². The fourth-order valence-corrected chi connectivity index (χ4v) is 3.27. The number of hydrogen-bond acceptors (Lipinski definition) is 4. The van der Waals surface area contributed by atoms with Crippen LogP contribution in [0.1, 0.15) is 26.3 Å². The van der Waals surface area contributed by atoms with Crippen LogP contribution < -0.4 is 4.72 Å². The zero-order valence-electron chi connectivity index (χ0n) is 11.6. The van der Waals surface area contributed by atoms with Gasteiger partial charge < -0.3 is 4.74 Å². The van der Waals surface area contributed by atoms with Crippen LogP contribution in [0.2, 0.25) is 5.02 Å². The van der Waals surface area contributed by atoms with Crippen molar-refractivity contribution in [2.24, 2.45) is 0 Å². The summed E-state index contributed by atoms with van der Waals surface area (Å²) in [5.74, 6) is -0.841.